The number of nitroso groups, excluding NO2 is 1. The molecule has 0 aromatic heterocycles. The number of nitrogens with zero attached hydrogens (tertiary/aromatic N) is 1. The van der Waals surface area contributed by atoms with Crippen molar-refractivity contribution in [3.63, 3.8) is 0 Å². The summed E-state index contributed by atoms with van der Waals surface area (Å²) in [5.41, 5.74) is 0. The van der Waals surface area contributed by atoms with E-state index >= 15 is 0 Å². The van der Waals surface area contributed by atoms with Crippen molar-refractivity contribution in [3.8, 4) is 0 Å². The zero-order valence-corrected chi connectivity index (χ0v) is 5.03. The molecule has 1 N–H and O–H groups in total. The van der Waals surface area contributed by atoms with Crippen LogP contribution < -0.4 is 0 Å². The quantitative estimate of drug-likeness (QED) is 0.438. The van der Waals surface area contributed by atoms with Gasteiger partial charge in [0.2, 0.25) is 0 Å². The van der Waals surface area contributed by atoms with Gasteiger partial charge in [0.25, 0.3) is 0 Å². The first-order valence-corrected chi connectivity index (χ1v) is 2.98. The molecule has 3 heteroatoms. The van der Waals surface area contributed by atoms with Crippen LogP contribution in [0.25, 0.3) is 0 Å². The van der Waals surface area contributed by atoms with Gasteiger partial charge in [-0.25, -0.2) is 0 Å². The number of hydrogen-bond acceptors (Lipinski definition) is 3. The third-order valence-corrected chi connectivity index (χ3v) is 1.52. The van der Waals surface area contributed by atoms with Crippen LogP contribution in [-0.2, 0) is 0 Å². The van der Waals surface area contributed by atoms with Crippen molar-refractivity contribution in [1.82, 2.24) is 0 Å². The lowest BCUT2D eigenvalue weighted by molar-refractivity contribution is 0.249. The van der Waals surface area contributed by atoms with Gasteiger partial charge in [0.1, 0.15) is 6.04 Å². The van der Waals surface area contributed by atoms with Gasteiger partial charge in [-0.05, 0) is 6.42 Å². The summed E-state index contributed by atoms with van der Waals surface area (Å²) in [6.07, 6.45) is 4.26. The molecule has 0 saturated heterocycles. The molecule has 0 saturated carbocycles. The molecule has 0 bridgehead atoms. The van der Waals surface area contributed by atoms with E-state index in [1.54, 1.807) is 6.08 Å². The minimum absolute atomic E-state index is 0.127. The van der Waals surface area contributed by atoms with Gasteiger partial charge >= 0.3 is 0 Å². The first-order chi connectivity index (χ1) is 4.36. The van der Waals surface area contributed by atoms with Gasteiger partial charge in [-0.15, -0.1) is 0 Å². The second-order valence-corrected chi connectivity index (χ2v) is 2.24. The van der Waals surface area contributed by atoms with E-state index in [1.807, 2.05) is 6.08 Å². The second kappa shape index (κ2) is 2.73. The van der Waals surface area contributed by atoms with Crippen LogP contribution in [-0.4, -0.2) is 17.8 Å². The van der Waals surface area contributed by atoms with Gasteiger partial charge in [0.05, 0.1) is 0 Å². The molecule has 0 amide bonds. The Balaban J connectivity index is 2.39. The molecule has 0 radical (unpaired) electrons. The second-order valence-electron chi connectivity index (χ2n) is 2.24. The zero-order chi connectivity index (χ0) is 6.69. The highest BCUT2D eigenvalue weighted by molar-refractivity contribution is 5.05. The van der Waals surface area contributed by atoms with Crippen LogP contribution in [0.3, 0.4) is 0 Å². The molecule has 2 unspecified atom stereocenters. The van der Waals surface area contributed by atoms with Crippen LogP contribution in [0.2, 0.25) is 0 Å². The van der Waals surface area contributed by atoms with Crippen LogP contribution in [0.1, 0.15) is 6.42 Å². The Labute approximate surface area is 53.4 Å². The van der Waals surface area contributed by atoms with E-state index in [1.165, 1.54) is 0 Å². The molecule has 50 valence electrons. The number of aliphatic hydroxyl groups excluding tert-OH is 1. The lowest BCUT2D eigenvalue weighted by Gasteiger charge is -2.00. The Morgan fingerprint density at radius 2 is 2.44 bits per heavy atom. The molecule has 1 aliphatic carbocycles. The number of aliphatic hydroxyl groups is 1. The smallest absolute Gasteiger partial charge is 0.111 e. The average Bonchev–Trinajstić information content (AvgIpc) is 2.34. The van der Waals surface area contributed by atoms with Crippen LogP contribution >= 0.6 is 0 Å². The molecule has 0 heterocycles. The summed E-state index contributed by atoms with van der Waals surface area (Å²) in [6.45, 7) is 0.127. The third-order valence-electron chi connectivity index (χ3n) is 1.52. The van der Waals surface area contributed by atoms with Crippen molar-refractivity contribution >= 4 is 0 Å². The molecule has 0 fully saturated rings. The molecule has 0 spiro atoms. The van der Waals surface area contributed by atoms with Crippen molar-refractivity contribution < 1.29 is 5.11 Å². The van der Waals surface area contributed by atoms with Crippen LogP contribution in [0.5, 0.6) is 0 Å². The molecule has 0 aromatic carbocycles. The van der Waals surface area contributed by atoms with Crippen molar-refractivity contribution in [2.75, 3.05) is 6.61 Å². The summed E-state index contributed by atoms with van der Waals surface area (Å²) in [6, 6.07) is -0.192. The van der Waals surface area contributed by atoms with Crippen molar-refractivity contribution in [2.24, 2.45) is 11.1 Å². The first kappa shape index (κ1) is 6.42. The maximum atomic E-state index is 9.89. The van der Waals surface area contributed by atoms with Gasteiger partial charge < -0.3 is 5.11 Å². The van der Waals surface area contributed by atoms with E-state index in [4.69, 9.17) is 5.11 Å². The highest BCUT2D eigenvalue weighted by Gasteiger charge is 2.17. The highest BCUT2D eigenvalue weighted by atomic mass is 16.3. The SMILES string of the molecule is O=NC1C=CC(CO)C1. The zero-order valence-electron chi connectivity index (χ0n) is 5.03. The van der Waals surface area contributed by atoms with E-state index in [2.05, 4.69) is 5.18 Å². The number of hydrogen-bond donors (Lipinski definition) is 1. The summed E-state index contributed by atoms with van der Waals surface area (Å²) in [4.78, 5) is 9.89. The Kier molecular flexibility index (Phi) is 1.95. The van der Waals surface area contributed by atoms with E-state index in [0.717, 1.165) is 0 Å². The highest BCUT2D eigenvalue weighted by Crippen LogP contribution is 2.18. The molecular formula is C6H9NO2. The largest absolute Gasteiger partial charge is 0.396 e. The molecule has 2 atom stereocenters. The summed E-state index contributed by atoms with van der Waals surface area (Å²) >= 11 is 0. The van der Waals surface area contributed by atoms with Gasteiger partial charge in [0, 0.05) is 12.5 Å². The summed E-state index contributed by atoms with van der Waals surface area (Å²) in [5.74, 6) is 0.160. The third kappa shape index (κ3) is 1.36. The van der Waals surface area contributed by atoms with Gasteiger partial charge in [0.15, 0.2) is 0 Å². The van der Waals surface area contributed by atoms with Crippen LogP contribution in [0, 0.1) is 10.8 Å². The lowest BCUT2D eigenvalue weighted by atomic mass is 10.1. The van der Waals surface area contributed by atoms with Gasteiger partial charge in [-0.1, -0.05) is 17.3 Å². The normalized spacial score (nSPS) is 33.0. The topological polar surface area (TPSA) is 49.7 Å². The molecule has 0 aromatic rings. The summed E-state index contributed by atoms with van der Waals surface area (Å²) < 4.78 is 0. The molecule has 1 rings (SSSR count). The predicted octanol–water partition coefficient (Wildman–Crippen LogP) is 0.690. The summed E-state index contributed by atoms with van der Waals surface area (Å²) in [7, 11) is 0. The maximum absolute atomic E-state index is 9.89. The number of rotatable bonds is 2. The fraction of sp³-hybridized carbons (Fsp3) is 0.667. The average molecular weight is 127 g/mol. The van der Waals surface area contributed by atoms with Crippen molar-refractivity contribution in [1.29, 1.82) is 0 Å². The van der Waals surface area contributed by atoms with Gasteiger partial charge in [-0.2, -0.15) is 4.91 Å². The molecule has 1 aliphatic rings. The first-order valence-electron chi connectivity index (χ1n) is 2.98. The fourth-order valence-electron chi connectivity index (χ4n) is 0.966. The van der Waals surface area contributed by atoms with Crippen molar-refractivity contribution in [2.45, 2.75) is 12.5 Å². The summed E-state index contributed by atoms with van der Waals surface area (Å²) in [5, 5.41) is 11.4. The molecule has 0 aliphatic heterocycles. The monoisotopic (exact) mass is 127 g/mol. The van der Waals surface area contributed by atoms with Gasteiger partial charge in [-0.3, -0.25) is 0 Å². The fourth-order valence-corrected chi connectivity index (χ4v) is 0.966. The Morgan fingerprint density at radius 1 is 1.67 bits per heavy atom. The van der Waals surface area contributed by atoms with E-state index in [9.17, 15) is 4.91 Å². The Morgan fingerprint density at radius 3 is 2.78 bits per heavy atom. The molecular weight excluding hydrogens is 118 g/mol. The Bertz CT molecular complexity index is 133. The van der Waals surface area contributed by atoms with Crippen molar-refractivity contribution in [3.05, 3.63) is 17.1 Å². The standard InChI is InChI=1S/C6H9NO2/c8-4-5-1-2-6(3-5)7-9/h1-2,5-6,8H,3-4H2. The van der Waals surface area contributed by atoms with Crippen LogP contribution in [0.15, 0.2) is 17.3 Å². The minimum atomic E-state index is -0.192. The molecule has 9 heavy (non-hydrogen) atoms. The molecule has 3 nitrogen and oxygen atoms in total. The minimum Gasteiger partial charge on any atom is -0.396 e. The Hall–Kier alpha value is -0.700. The van der Waals surface area contributed by atoms with E-state index in [0.29, 0.717) is 6.42 Å². The maximum Gasteiger partial charge on any atom is 0.111 e. The predicted molar refractivity (Wildman–Crippen MR) is 33.9 cm³/mol. The van der Waals surface area contributed by atoms with E-state index < -0.39 is 0 Å². The van der Waals surface area contributed by atoms with Crippen LogP contribution in [0.4, 0.5) is 0 Å². The lowest BCUT2D eigenvalue weighted by Crippen LogP contribution is -2.03. The van der Waals surface area contributed by atoms with E-state index in [-0.39, 0.29) is 18.6 Å².